The number of pyridine rings is 1. The third-order valence-electron chi connectivity index (χ3n) is 4.62. The molecular weight excluding hydrogens is 326 g/mol. The van der Waals surface area contributed by atoms with E-state index in [-0.39, 0.29) is 11.5 Å². The highest BCUT2D eigenvalue weighted by molar-refractivity contribution is 6.06. The number of carbonyl (C=O) groups excluding carboxylic acids is 1. The molecule has 0 fully saturated rings. The van der Waals surface area contributed by atoms with Crippen LogP contribution in [0.15, 0.2) is 47.4 Å². The van der Waals surface area contributed by atoms with Gasteiger partial charge in [0.15, 0.2) is 0 Å². The number of hydrogen-bond donors (Lipinski definition) is 1. The van der Waals surface area contributed by atoms with E-state index in [0.717, 1.165) is 23.2 Å². The van der Waals surface area contributed by atoms with Gasteiger partial charge in [-0.15, -0.1) is 0 Å². The molecule has 5 heteroatoms. The molecular formula is C21H25N3O2. The quantitative estimate of drug-likeness (QED) is 0.760. The van der Waals surface area contributed by atoms with E-state index >= 15 is 0 Å². The molecule has 3 aromatic rings. The minimum absolute atomic E-state index is 0.0557. The number of fused-ring (bicyclic) bond motifs is 1. The van der Waals surface area contributed by atoms with E-state index in [1.54, 1.807) is 21.4 Å². The van der Waals surface area contributed by atoms with Crippen molar-refractivity contribution in [3.05, 3.63) is 64.2 Å². The fourth-order valence-corrected chi connectivity index (χ4v) is 3.27. The van der Waals surface area contributed by atoms with Crippen molar-refractivity contribution >= 4 is 22.5 Å². The highest BCUT2D eigenvalue weighted by Crippen LogP contribution is 2.20. The van der Waals surface area contributed by atoms with Crippen molar-refractivity contribution in [2.45, 2.75) is 33.7 Å². The Morgan fingerprint density at radius 2 is 1.92 bits per heavy atom. The number of anilines is 1. The fraction of sp³-hybridized carbons (Fsp3) is 0.333. The molecule has 1 amide bonds. The predicted octanol–water partition coefficient (Wildman–Crippen LogP) is 3.81. The normalized spacial score (nSPS) is 11.3. The molecule has 0 radical (unpaired) electrons. The first kappa shape index (κ1) is 18.0. The van der Waals surface area contributed by atoms with Crippen molar-refractivity contribution < 1.29 is 4.79 Å². The number of rotatable bonds is 5. The maximum Gasteiger partial charge on any atom is 0.272 e. The minimum atomic E-state index is -0.209. The van der Waals surface area contributed by atoms with Crippen molar-refractivity contribution in [1.82, 2.24) is 9.13 Å². The number of hydrogen-bond acceptors (Lipinski definition) is 2. The highest BCUT2D eigenvalue weighted by atomic mass is 16.2. The first-order valence-electron chi connectivity index (χ1n) is 9.00. The Hall–Kier alpha value is -2.82. The largest absolute Gasteiger partial charge is 0.339 e. The minimum Gasteiger partial charge on any atom is -0.339 e. The maximum absolute atomic E-state index is 12.8. The second-order valence-corrected chi connectivity index (χ2v) is 7.02. The topological polar surface area (TPSA) is 56.0 Å². The van der Waals surface area contributed by atoms with Gasteiger partial charge in [0, 0.05) is 25.5 Å². The van der Waals surface area contributed by atoms with Crippen LogP contribution in [0.5, 0.6) is 0 Å². The van der Waals surface area contributed by atoms with Gasteiger partial charge in [0.1, 0.15) is 5.69 Å². The van der Waals surface area contributed by atoms with Crippen LogP contribution in [0.1, 0.15) is 36.8 Å². The molecule has 2 aromatic heterocycles. The third kappa shape index (κ3) is 3.29. The van der Waals surface area contributed by atoms with Crippen LogP contribution in [0.4, 0.5) is 5.69 Å². The molecule has 5 nitrogen and oxygen atoms in total. The molecule has 0 aliphatic heterocycles. The summed E-state index contributed by atoms with van der Waals surface area (Å²) in [6, 6.07) is 11.4. The zero-order chi connectivity index (χ0) is 18.8. The summed E-state index contributed by atoms with van der Waals surface area (Å²) < 4.78 is 3.49. The average Bonchev–Trinajstić information content (AvgIpc) is 2.95. The van der Waals surface area contributed by atoms with Gasteiger partial charge < -0.3 is 14.5 Å². The number of aryl methyl sites for hydroxylation is 2. The van der Waals surface area contributed by atoms with Crippen LogP contribution in [0.3, 0.4) is 0 Å². The fourth-order valence-electron chi connectivity index (χ4n) is 3.27. The molecule has 136 valence electrons. The summed E-state index contributed by atoms with van der Waals surface area (Å²) in [7, 11) is 1.81. The monoisotopic (exact) mass is 351 g/mol. The first-order valence-corrected chi connectivity index (χ1v) is 9.00. The molecule has 0 aliphatic rings. The second kappa shape index (κ2) is 7.20. The van der Waals surface area contributed by atoms with Crippen LogP contribution in [-0.2, 0) is 20.0 Å². The lowest BCUT2D eigenvalue weighted by Crippen LogP contribution is -2.21. The van der Waals surface area contributed by atoms with E-state index in [2.05, 4.69) is 26.1 Å². The van der Waals surface area contributed by atoms with Gasteiger partial charge in [-0.3, -0.25) is 9.59 Å². The van der Waals surface area contributed by atoms with Crippen LogP contribution in [0.2, 0.25) is 0 Å². The summed E-state index contributed by atoms with van der Waals surface area (Å²) in [5.74, 6) is 0.168. The zero-order valence-electron chi connectivity index (χ0n) is 15.7. The Morgan fingerprint density at radius 3 is 2.62 bits per heavy atom. The SMILES string of the molecule is CCc1ccccc1NC(=O)c1cc2c(=O)n(CC(C)C)ccc2n1C. The number of nitrogens with zero attached hydrogens (tertiary/aromatic N) is 2. The summed E-state index contributed by atoms with van der Waals surface area (Å²) in [6.07, 6.45) is 2.64. The summed E-state index contributed by atoms with van der Waals surface area (Å²) in [6.45, 7) is 6.87. The van der Waals surface area contributed by atoms with Gasteiger partial charge in [0.05, 0.1) is 10.9 Å². The van der Waals surface area contributed by atoms with Crippen LogP contribution in [0, 0.1) is 5.92 Å². The van der Waals surface area contributed by atoms with E-state index in [1.807, 2.05) is 37.4 Å². The third-order valence-corrected chi connectivity index (χ3v) is 4.62. The van der Waals surface area contributed by atoms with Gasteiger partial charge in [-0.25, -0.2) is 0 Å². The Morgan fingerprint density at radius 1 is 1.19 bits per heavy atom. The second-order valence-electron chi connectivity index (χ2n) is 7.02. The molecule has 0 spiro atoms. The van der Waals surface area contributed by atoms with E-state index < -0.39 is 0 Å². The zero-order valence-corrected chi connectivity index (χ0v) is 15.7. The lowest BCUT2D eigenvalue weighted by Gasteiger charge is -2.10. The van der Waals surface area contributed by atoms with Gasteiger partial charge in [-0.1, -0.05) is 39.0 Å². The number of para-hydroxylation sites is 1. The molecule has 2 heterocycles. The standard InChI is InChI=1S/C21H25N3O2/c1-5-15-8-6-7-9-17(15)22-20(25)19-12-16-18(23(19)4)10-11-24(21(16)26)13-14(2)3/h6-12,14H,5,13H2,1-4H3,(H,22,25). The molecule has 0 unspecified atom stereocenters. The van der Waals surface area contributed by atoms with Gasteiger partial charge in [-0.2, -0.15) is 0 Å². The van der Waals surface area contributed by atoms with E-state index in [4.69, 9.17) is 0 Å². The summed E-state index contributed by atoms with van der Waals surface area (Å²) in [4.78, 5) is 25.5. The molecule has 3 rings (SSSR count). The first-order chi connectivity index (χ1) is 12.4. The molecule has 0 saturated heterocycles. The van der Waals surface area contributed by atoms with Gasteiger partial charge in [0.2, 0.25) is 0 Å². The molecule has 0 saturated carbocycles. The van der Waals surface area contributed by atoms with Crippen molar-refractivity contribution in [3.8, 4) is 0 Å². The highest BCUT2D eigenvalue weighted by Gasteiger charge is 2.17. The lowest BCUT2D eigenvalue weighted by atomic mass is 10.1. The van der Waals surface area contributed by atoms with Crippen LogP contribution in [-0.4, -0.2) is 15.0 Å². The molecule has 0 aliphatic carbocycles. The molecule has 26 heavy (non-hydrogen) atoms. The van der Waals surface area contributed by atoms with E-state index in [0.29, 0.717) is 23.5 Å². The van der Waals surface area contributed by atoms with Crippen molar-refractivity contribution in [1.29, 1.82) is 0 Å². The van der Waals surface area contributed by atoms with Crippen molar-refractivity contribution in [3.63, 3.8) is 0 Å². The Balaban J connectivity index is 2.00. The van der Waals surface area contributed by atoms with Crippen LogP contribution in [0.25, 0.3) is 10.9 Å². The number of amides is 1. The van der Waals surface area contributed by atoms with Crippen molar-refractivity contribution in [2.75, 3.05) is 5.32 Å². The summed E-state index contributed by atoms with van der Waals surface area (Å²) in [5, 5.41) is 3.55. The number of aromatic nitrogens is 2. The number of carbonyl (C=O) groups is 1. The van der Waals surface area contributed by atoms with E-state index in [9.17, 15) is 9.59 Å². The Labute approximate surface area is 153 Å². The molecule has 0 atom stereocenters. The molecule has 1 aromatic carbocycles. The van der Waals surface area contributed by atoms with Gasteiger partial charge in [0.25, 0.3) is 11.5 Å². The average molecular weight is 351 g/mol. The smallest absolute Gasteiger partial charge is 0.272 e. The van der Waals surface area contributed by atoms with Crippen LogP contribution < -0.4 is 10.9 Å². The van der Waals surface area contributed by atoms with E-state index in [1.165, 1.54) is 0 Å². The predicted molar refractivity (Wildman–Crippen MR) is 106 cm³/mol. The summed E-state index contributed by atoms with van der Waals surface area (Å²) >= 11 is 0. The maximum atomic E-state index is 12.8. The Kier molecular flexibility index (Phi) is 4.98. The van der Waals surface area contributed by atoms with Crippen molar-refractivity contribution in [2.24, 2.45) is 13.0 Å². The number of benzene rings is 1. The lowest BCUT2D eigenvalue weighted by molar-refractivity contribution is 0.101. The number of nitrogens with one attached hydrogen (secondary N) is 1. The molecule has 1 N–H and O–H groups in total. The molecule has 0 bridgehead atoms. The van der Waals surface area contributed by atoms with Gasteiger partial charge in [-0.05, 0) is 36.1 Å². The van der Waals surface area contributed by atoms with Crippen LogP contribution >= 0.6 is 0 Å². The Bertz CT molecular complexity index is 1010. The van der Waals surface area contributed by atoms with Gasteiger partial charge >= 0.3 is 0 Å². The summed E-state index contributed by atoms with van der Waals surface area (Å²) in [5.41, 5.74) is 3.08.